The number of nitrogens with zero attached hydrogens (tertiary/aromatic N) is 3. The molecule has 0 aromatic carbocycles. The molecule has 0 aliphatic carbocycles. The first kappa shape index (κ1) is 9.64. The highest BCUT2D eigenvalue weighted by Crippen LogP contribution is 2.14. The number of nitrogens with two attached hydrogens (primary N) is 1. The van der Waals surface area contributed by atoms with Gasteiger partial charge >= 0.3 is 0 Å². The second kappa shape index (κ2) is 4.08. The minimum atomic E-state index is 0.449. The monoisotopic (exact) mass is 203 g/mol. The first-order valence-corrected chi connectivity index (χ1v) is 4.83. The van der Waals surface area contributed by atoms with Crippen LogP contribution in [0.1, 0.15) is 19.8 Å². The third-order valence-corrected chi connectivity index (χ3v) is 2.10. The van der Waals surface area contributed by atoms with Crippen molar-refractivity contribution in [2.45, 2.75) is 19.8 Å². The van der Waals surface area contributed by atoms with E-state index in [9.17, 15) is 0 Å². The van der Waals surface area contributed by atoms with E-state index in [2.05, 4.69) is 20.3 Å². The standard InChI is InChI=1S/C10H13N5/c1-7-3-2-4-9(14-7)15-10-5-8(11)12-6-13-10/h4-6H,2-3H2,1H3,(H3,11,12,13,15). The van der Waals surface area contributed by atoms with Gasteiger partial charge in [-0.05, 0) is 25.8 Å². The molecule has 2 heterocycles. The van der Waals surface area contributed by atoms with Crippen molar-refractivity contribution in [3.8, 4) is 0 Å². The normalized spacial score (nSPS) is 15.5. The summed E-state index contributed by atoms with van der Waals surface area (Å²) in [5, 5.41) is 3.09. The third-order valence-electron chi connectivity index (χ3n) is 2.10. The van der Waals surface area contributed by atoms with Gasteiger partial charge in [0.25, 0.3) is 0 Å². The highest BCUT2D eigenvalue weighted by molar-refractivity contribution is 5.84. The smallest absolute Gasteiger partial charge is 0.137 e. The predicted molar refractivity (Wildman–Crippen MR) is 60.5 cm³/mol. The van der Waals surface area contributed by atoms with E-state index >= 15 is 0 Å². The van der Waals surface area contributed by atoms with Crippen LogP contribution in [-0.4, -0.2) is 15.7 Å². The summed E-state index contributed by atoms with van der Waals surface area (Å²) in [6.45, 7) is 2.02. The second-order valence-corrected chi connectivity index (χ2v) is 3.43. The molecule has 1 aromatic heterocycles. The van der Waals surface area contributed by atoms with Crippen molar-refractivity contribution in [3.05, 3.63) is 24.3 Å². The maximum atomic E-state index is 5.54. The van der Waals surface area contributed by atoms with E-state index in [4.69, 9.17) is 5.73 Å². The molecule has 0 radical (unpaired) electrons. The number of anilines is 2. The molecule has 1 aliphatic rings. The molecule has 5 heteroatoms. The number of nitrogens with one attached hydrogen (secondary N) is 1. The molecular weight excluding hydrogens is 190 g/mol. The average Bonchev–Trinajstić information content (AvgIpc) is 2.17. The molecule has 0 spiro atoms. The Kier molecular flexibility index (Phi) is 2.62. The van der Waals surface area contributed by atoms with E-state index in [0.29, 0.717) is 11.6 Å². The molecule has 0 amide bonds. The summed E-state index contributed by atoms with van der Waals surface area (Å²) >= 11 is 0. The highest BCUT2D eigenvalue weighted by Gasteiger charge is 2.04. The fourth-order valence-corrected chi connectivity index (χ4v) is 1.38. The Morgan fingerprint density at radius 2 is 2.27 bits per heavy atom. The second-order valence-electron chi connectivity index (χ2n) is 3.43. The minimum absolute atomic E-state index is 0.449. The van der Waals surface area contributed by atoms with E-state index in [0.717, 1.165) is 24.4 Å². The molecule has 5 nitrogen and oxygen atoms in total. The topological polar surface area (TPSA) is 76.2 Å². The summed E-state index contributed by atoms with van der Waals surface area (Å²) in [5.41, 5.74) is 6.67. The first-order valence-electron chi connectivity index (χ1n) is 4.83. The lowest BCUT2D eigenvalue weighted by atomic mass is 10.2. The molecule has 0 saturated heterocycles. The maximum Gasteiger partial charge on any atom is 0.137 e. The van der Waals surface area contributed by atoms with Crippen LogP contribution in [0.3, 0.4) is 0 Å². The molecule has 1 aromatic rings. The Balaban J connectivity index is 2.12. The van der Waals surface area contributed by atoms with Crippen LogP contribution in [0, 0.1) is 0 Å². The van der Waals surface area contributed by atoms with Crippen molar-refractivity contribution < 1.29 is 0 Å². The largest absolute Gasteiger partial charge is 0.384 e. The van der Waals surface area contributed by atoms with Crippen LogP contribution in [0.25, 0.3) is 0 Å². The molecule has 0 fully saturated rings. The number of hydrogen-bond donors (Lipinski definition) is 2. The lowest BCUT2D eigenvalue weighted by Crippen LogP contribution is -2.06. The number of hydrogen-bond acceptors (Lipinski definition) is 5. The molecule has 1 aliphatic heterocycles. The van der Waals surface area contributed by atoms with Crippen molar-refractivity contribution in [3.63, 3.8) is 0 Å². The maximum absolute atomic E-state index is 5.54. The predicted octanol–water partition coefficient (Wildman–Crippen LogP) is 1.57. The van der Waals surface area contributed by atoms with Gasteiger partial charge in [0, 0.05) is 11.8 Å². The van der Waals surface area contributed by atoms with Crippen LogP contribution >= 0.6 is 0 Å². The van der Waals surface area contributed by atoms with Crippen LogP contribution in [-0.2, 0) is 0 Å². The Morgan fingerprint density at radius 3 is 3.00 bits per heavy atom. The van der Waals surface area contributed by atoms with E-state index in [-0.39, 0.29) is 0 Å². The van der Waals surface area contributed by atoms with Crippen molar-refractivity contribution in [2.24, 2.45) is 4.99 Å². The molecule has 0 atom stereocenters. The minimum Gasteiger partial charge on any atom is -0.384 e. The van der Waals surface area contributed by atoms with Crippen molar-refractivity contribution >= 4 is 17.3 Å². The zero-order valence-corrected chi connectivity index (χ0v) is 8.57. The van der Waals surface area contributed by atoms with Gasteiger partial charge < -0.3 is 11.1 Å². The van der Waals surface area contributed by atoms with Crippen LogP contribution in [0.5, 0.6) is 0 Å². The summed E-state index contributed by atoms with van der Waals surface area (Å²) in [6.07, 6.45) is 5.51. The number of allylic oxidation sites excluding steroid dienone is 1. The van der Waals surface area contributed by atoms with Crippen molar-refractivity contribution in [1.29, 1.82) is 0 Å². The molecule has 0 bridgehead atoms. The van der Waals surface area contributed by atoms with Crippen molar-refractivity contribution in [2.75, 3.05) is 11.1 Å². The highest BCUT2D eigenvalue weighted by atomic mass is 15.1. The van der Waals surface area contributed by atoms with E-state index in [1.165, 1.54) is 6.33 Å². The Labute approximate surface area is 88.1 Å². The molecule has 0 unspecified atom stereocenters. The fourth-order valence-electron chi connectivity index (χ4n) is 1.38. The third kappa shape index (κ3) is 2.52. The van der Waals surface area contributed by atoms with E-state index < -0.39 is 0 Å². The molecule has 15 heavy (non-hydrogen) atoms. The van der Waals surface area contributed by atoms with Gasteiger partial charge in [-0.3, -0.25) is 0 Å². The quantitative estimate of drug-likeness (QED) is 0.764. The molecule has 3 N–H and O–H groups in total. The van der Waals surface area contributed by atoms with Gasteiger partial charge in [-0.25, -0.2) is 15.0 Å². The molecule has 78 valence electrons. The fraction of sp³-hybridized carbons (Fsp3) is 0.300. The van der Waals surface area contributed by atoms with Crippen LogP contribution in [0.15, 0.2) is 29.3 Å². The molecular formula is C10H13N5. The number of aliphatic imine (C=N–C) groups is 1. The SMILES string of the molecule is CC1=NC(Nc2cc(N)ncn2)=CCC1. The van der Waals surface area contributed by atoms with Gasteiger partial charge in [0.15, 0.2) is 0 Å². The Bertz CT molecular complexity index is 422. The Hall–Kier alpha value is -1.91. The van der Waals surface area contributed by atoms with E-state index in [1.807, 2.05) is 13.0 Å². The lowest BCUT2D eigenvalue weighted by Gasteiger charge is -2.11. The molecule has 0 saturated carbocycles. The lowest BCUT2D eigenvalue weighted by molar-refractivity contribution is 1.01. The van der Waals surface area contributed by atoms with Gasteiger partial charge in [-0.1, -0.05) is 0 Å². The van der Waals surface area contributed by atoms with Gasteiger partial charge in [0.1, 0.15) is 23.8 Å². The summed E-state index contributed by atoms with van der Waals surface area (Å²) in [6, 6.07) is 1.68. The number of rotatable bonds is 2. The molecule has 2 rings (SSSR count). The summed E-state index contributed by atoms with van der Waals surface area (Å²) in [5.74, 6) is 1.95. The summed E-state index contributed by atoms with van der Waals surface area (Å²) < 4.78 is 0. The van der Waals surface area contributed by atoms with Gasteiger partial charge in [0.2, 0.25) is 0 Å². The zero-order chi connectivity index (χ0) is 10.7. The Morgan fingerprint density at radius 1 is 1.40 bits per heavy atom. The number of aromatic nitrogens is 2. The summed E-state index contributed by atoms with van der Waals surface area (Å²) in [7, 11) is 0. The average molecular weight is 203 g/mol. The van der Waals surface area contributed by atoms with Gasteiger partial charge in [0.05, 0.1) is 0 Å². The number of nitrogen functional groups attached to an aromatic ring is 1. The van der Waals surface area contributed by atoms with Crippen LogP contribution < -0.4 is 11.1 Å². The summed E-state index contributed by atoms with van der Waals surface area (Å²) in [4.78, 5) is 12.2. The van der Waals surface area contributed by atoms with Crippen LogP contribution in [0.4, 0.5) is 11.6 Å². The zero-order valence-electron chi connectivity index (χ0n) is 8.57. The van der Waals surface area contributed by atoms with Gasteiger partial charge in [-0.2, -0.15) is 0 Å². The van der Waals surface area contributed by atoms with Crippen molar-refractivity contribution in [1.82, 2.24) is 9.97 Å². The van der Waals surface area contributed by atoms with Crippen LogP contribution in [0.2, 0.25) is 0 Å². The first-order chi connectivity index (χ1) is 7.24. The van der Waals surface area contributed by atoms with Gasteiger partial charge in [-0.15, -0.1) is 0 Å². The van der Waals surface area contributed by atoms with E-state index in [1.54, 1.807) is 6.07 Å².